The van der Waals surface area contributed by atoms with Crippen LogP contribution in [-0.2, 0) is 10.0 Å². The van der Waals surface area contributed by atoms with Crippen molar-refractivity contribution >= 4 is 33.3 Å². The van der Waals surface area contributed by atoms with Gasteiger partial charge in [0.25, 0.3) is 10.0 Å². The summed E-state index contributed by atoms with van der Waals surface area (Å²) in [4.78, 5) is 29.3. The number of sulfonamides is 1. The Morgan fingerprint density at radius 1 is 1.07 bits per heavy atom. The zero-order valence-electron chi connectivity index (χ0n) is 16.1. The number of carbonyl (C=O) groups excluding carboxylic acids is 1. The number of pyridine rings is 1. The van der Waals surface area contributed by atoms with E-state index >= 15 is 0 Å². The summed E-state index contributed by atoms with van der Waals surface area (Å²) in [7, 11) is -3.95. The Morgan fingerprint density at radius 3 is 2.24 bits per heavy atom. The molecule has 1 aromatic carbocycles. The van der Waals surface area contributed by atoms with E-state index < -0.39 is 16.0 Å². The van der Waals surface area contributed by atoms with Crippen LogP contribution in [0, 0.1) is 0 Å². The summed E-state index contributed by atoms with van der Waals surface area (Å²) >= 11 is 0. The van der Waals surface area contributed by atoms with Gasteiger partial charge in [0.15, 0.2) is 5.78 Å². The fraction of sp³-hybridized carbons (Fsp3) is 0.350. The molecule has 8 nitrogen and oxygen atoms in total. The molecule has 29 heavy (non-hydrogen) atoms. The van der Waals surface area contributed by atoms with E-state index in [2.05, 4.69) is 9.71 Å². The van der Waals surface area contributed by atoms with Crippen molar-refractivity contribution in [3.05, 3.63) is 47.7 Å². The summed E-state index contributed by atoms with van der Waals surface area (Å²) in [6.07, 6.45) is 5.45. The van der Waals surface area contributed by atoms with E-state index in [-0.39, 0.29) is 21.9 Å². The number of Topliss-reactive ketones (excluding diaryl/α,β-unsaturated/α-hetero) is 1. The number of carboxylic acids is 1. The first-order valence-corrected chi connectivity index (χ1v) is 10.9. The Bertz CT molecular complexity index is 1010. The van der Waals surface area contributed by atoms with E-state index in [1.807, 2.05) is 4.90 Å². The molecule has 1 aromatic heterocycles. The monoisotopic (exact) mass is 417 g/mol. The van der Waals surface area contributed by atoms with E-state index in [0.29, 0.717) is 11.4 Å². The maximum atomic E-state index is 12.6. The Kier molecular flexibility index (Phi) is 6.17. The van der Waals surface area contributed by atoms with Crippen LogP contribution in [0.1, 0.15) is 53.3 Å². The molecule has 0 spiro atoms. The first kappa shape index (κ1) is 20.8. The van der Waals surface area contributed by atoms with E-state index in [9.17, 15) is 23.1 Å². The van der Waals surface area contributed by atoms with Crippen molar-refractivity contribution in [1.29, 1.82) is 0 Å². The van der Waals surface area contributed by atoms with Crippen LogP contribution >= 0.6 is 0 Å². The highest BCUT2D eigenvalue weighted by atomic mass is 32.2. The molecule has 1 aliphatic heterocycles. The van der Waals surface area contributed by atoms with E-state index in [4.69, 9.17) is 0 Å². The SMILES string of the molecule is CC(=O)c1ccc(S(=O)(=O)Nc2cnc(N3CCCCCC3)c(C(=O)O)c2)cc1. The van der Waals surface area contributed by atoms with E-state index in [0.717, 1.165) is 38.8 Å². The molecular formula is C20H23N3O5S. The van der Waals surface area contributed by atoms with Crippen molar-refractivity contribution < 1.29 is 23.1 Å². The van der Waals surface area contributed by atoms with Gasteiger partial charge < -0.3 is 10.0 Å². The number of aromatic nitrogens is 1. The maximum absolute atomic E-state index is 12.6. The predicted molar refractivity (Wildman–Crippen MR) is 109 cm³/mol. The zero-order chi connectivity index (χ0) is 21.0. The minimum absolute atomic E-state index is 0.0315. The summed E-state index contributed by atoms with van der Waals surface area (Å²) in [5.74, 6) is -0.974. The third-order valence-corrected chi connectivity index (χ3v) is 6.22. The van der Waals surface area contributed by atoms with Gasteiger partial charge in [0.2, 0.25) is 0 Å². The molecule has 0 aliphatic carbocycles. The van der Waals surface area contributed by atoms with Crippen molar-refractivity contribution in [2.75, 3.05) is 22.7 Å². The number of hydrogen-bond donors (Lipinski definition) is 2. The molecule has 154 valence electrons. The Hall–Kier alpha value is -2.94. The number of carboxylic acid groups (broad SMARTS) is 1. The number of aromatic carboxylic acids is 1. The number of benzene rings is 1. The molecule has 3 rings (SSSR count). The number of carbonyl (C=O) groups is 2. The van der Waals surface area contributed by atoms with Crippen LogP contribution in [0.2, 0.25) is 0 Å². The van der Waals surface area contributed by atoms with E-state index in [1.165, 1.54) is 43.5 Å². The lowest BCUT2D eigenvalue weighted by Crippen LogP contribution is -2.27. The Balaban J connectivity index is 1.87. The van der Waals surface area contributed by atoms with Gasteiger partial charge in [-0.3, -0.25) is 9.52 Å². The van der Waals surface area contributed by atoms with E-state index in [1.54, 1.807) is 0 Å². The number of anilines is 2. The molecule has 9 heteroatoms. The molecule has 1 fully saturated rings. The zero-order valence-corrected chi connectivity index (χ0v) is 16.9. The lowest BCUT2D eigenvalue weighted by Gasteiger charge is -2.23. The molecule has 2 aromatic rings. The van der Waals surface area contributed by atoms with Crippen LogP contribution < -0.4 is 9.62 Å². The van der Waals surface area contributed by atoms with Gasteiger partial charge in [-0.2, -0.15) is 0 Å². The summed E-state index contributed by atoms with van der Waals surface area (Å²) < 4.78 is 27.6. The normalized spacial score (nSPS) is 14.9. The fourth-order valence-corrected chi connectivity index (χ4v) is 4.32. The van der Waals surface area contributed by atoms with Crippen molar-refractivity contribution in [2.45, 2.75) is 37.5 Å². The van der Waals surface area contributed by atoms with Gasteiger partial charge in [-0.15, -0.1) is 0 Å². The van der Waals surface area contributed by atoms with Crippen molar-refractivity contribution in [2.24, 2.45) is 0 Å². The number of hydrogen-bond acceptors (Lipinski definition) is 6. The first-order valence-electron chi connectivity index (χ1n) is 9.40. The van der Waals surface area contributed by atoms with Crippen molar-refractivity contribution in [3.8, 4) is 0 Å². The average molecular weight is 417 g/mol. The van der Waals surface area contributed by atoms with Crippen LogP contribution in [-0.4, -0.2) is 43.4 Å². The maximum Gasteiger partial charge on any atom is 0.339 e. The average Bonchev–Trinajstić information content (AvgIpc) is 2.97. The molecular weight excluding hydrogens is 394 g/mol. The van der Waals surface area contributed by atoms with Crippen LogP contribution in [0.3, 0.4) is 0 Å². The highest BCUT2D eigenvalue weighted by Gasteiger charge is 2.21. The Labute approximate surface area is 169 Å². The first-order chi connectivity index (χ1) is 13.8. The third kappa shape index (κ3) is 4.92. The summed E-state index contributed by atoms with van der Waals surface area (Å²) in [6.45, 7) is 2.84. The van der Waals surface area contributed by atoms with Crippen molar-refractivity contribution in [1.82, 2.24) is 4.98 Å². The molecule has 2 N–H and O–H groups in total. The van der Waals surface area contributed by atoms with Crippen LogP contribution in [0.15, 0.2) is 41.4 Å². The molecule has 1 aliphatic rings. The van der Waals surface area contributed by atoms with Gasteiger partial charge in [0.1, 0.15) is 11.4 Å². The second-order valence-electron chi connectivity index (χ2n) is 6.99. The molecule has 0 atom stereocenters. The summed E-state index contributed by atoms with van der Waals surface area (Å²) in [5, 5.41) is 9.61. The summed E-state index contributed by atoms with van der Waals surface area (Å²) in [5.41, 5.74) is 0.427. The lowest BCUT2D eigenvalue weighted by molar-refractivity contribution is 0.0697. The fourth-order valence-electron chi connectivity index (χ4n) is 3.29. The van der Waals surface area contributed by atoms with Crippen LogP contribution in [0.5, 0.6) is 0 Å². The third-order valence-electron chi connectivity index (χ3n) is 4.83. The molecule has 0 amide bonds. The lowest BCUT2D eigenvalue weighted by atomic mass is 10.2. The number of nitrogens with one attached hydrogen (secondary N) is 1. The van der Waals surface area contributed by atoms with Gasteiger partial charge in [-0.05, 0) is 38.0 Å². The second-order valence-corrected chi connectivity index (χ2v) is 8.67. The second kappa shape index (κ2) is 8.60. The number of nitrogens with zero attached hydrogens (tertiary/aromatic N) is 2. The number of rotatable bonds is 6. The Morgan fingerprint density at radius 2 is 1.69 bits per heavy atom. The van der Waals surface area contributed by atoms with Gasteiger partial charge in [0, 0.05) is 18.7 Å². The topological polar surface area (TPSA) is 117 Å². The molecule has 2 heterocycles. The molecule has 0 radical (unpaired) electrons. The summed E-state index contributed by atoms with van der Waals surface area (Å²) in [6, 6.07) is 6.81. The quantitative estimate of drug-likeness (QED) is 0.693. The number of ketones is 1. The van der Waals surface area contributed by atoms with Crippen molar-refractivity contribution in [3.63, 3.8) is 0 Å². The van der Waals surface area contributed by atoms with Crippen LogP contribution in [0.25, 0.3) is 0 Å². The minimum Gasteiger partial charge on any atom is -0.478 e. The van der Waals surface area contributed by atoms with Gasteiger partial charge in [-0.1, -0.05) is 25.0 Å². The largest absolute Gasteiger partial charge is 0.478 e. The molecule has 0 bridgehead atoms. The molecule has 1 saturated heterocycles. The van der Waals surface area contributed by atoms with Gasteiger partial charge in [0.05, 0.1) is 16.8 Å². The smallest absolute Gasteiger partial charge is 0.339 e. The highest BCUT2D eigenvalue weighted by Crippen LogP contribution is 2.25. The van der Waals surface area contributed by atoms with Crippen LogP contribution in [0.4, 0.5) is 11.5 Å². The highest BCUT2D eigenvalue weighted by molar-refractivity contribution is 7.92. The van der Waals surface area contributed by atoms with Gasteiger partial charge >= 0.3 is 5.97 Å². The molecule has 0 unspecified atom stereocenters. The molecule has 0 saturated carbocycles. The predicted octanol–water partition coefficient (Wildman–Crippen LogP) is 3.16. The van der Waals surface area contributed by atoms with Gasteiger partial charge in [-0.25, -0.2) is 18.2 Å². The minimum atomic E-state index is -3.95. The standard InChI is InChI=1S/C20H23N3O5S/c1-14(24)15-6-8-17(9-7-15)29(27,28)22-16-12-18(20(25)26)19(21-13-16)23-10-4-2-3-5-11-23/h6-9,12-13,22H,2-5,10-11H2,1H3,(H,25,26).